The summed E-state index contributed by atoms with van der Waals surface area (Å²) in [4.78, 5) is 10.9. The summed E-state index contributed by atoms with van der Waals surface area (Å²) >= 11 is 0. The largest absolute Gasteiger partial charge is 0.396 e. The van der Waals surface area contributed by atoms with Gasteiger partial charge in [-0.2, -0.15) is 0 Å². The lowest BCUT2D eigenvalue weighted by Gasteiger charge is -2.13. The Kier molecular flexibility index (Phi) is 4.73. The average molecular weight is 200 g/mol. The smallest absolute Gasteiger partial charge is 0.315 e. The summed E-state index contributed by atoms with van der Waals surface area (Å²) in [6.07, 6.45) is 5.27. The Bertz CT molecular complexity index is 185. The monoisotopic (exact) mass is 200 g/mol. The van der Waals surface area contributed by atoms with Crippen molar-refractivity contribution in [3.63, 3.8) is 0 Å². The Hall–Kier alpha value is -0.770. The third-order valence-electron chi connectivity index (χ3n) is 2.70. The van der Waals surface area contributed by atoms with Crippen LogP contribution in [0.5, 0.6) is 0 Å². The first-order chi connectivity index (χ1) is 6.74. The van der Waals surface area contributed by atoms with E-state index in [1.807, 2.05) is 6.92 Å². The van der Waals surface area contributed by atoms with Crippen LogP contribution in [0.25, 0.3) is 0 Å². The third kappa shape index (κ3) is 3.54. The minimum Gasteiger partial charge on any atom is -0.396 e. The van der Waals surface area contributed by atoms with Gasteiger partial charge in [-0.15, -0.1) is 0 Å². The standard InChI is InChI=1S/C10H20N2O2/c1-8-9(12-10(14)11-8)6-4-2-3-5-7-13/h8-9,13H,2-7H2,1H3,(H2,11,12,14)/t8-,9+/m0/s1. The molecule has 82 valence electrons. The summed E-state index contributed by atoms with van der Waals surface area (Å²) in [7, 11) is 0. The van der Waals surface area contributed by atoms with Crippen LogP contribution in [-0.4, -0.2) is 29.8 Å². The number of hydrogen-bond acceptors (Lipinski definition) is 2. The molecule has 1 fully saturated rings. The van der Waals surface area contributed by atoms with Gasteiger partial charge in [0.1, 0.15) is 0 Å². The summed E-state index contributed by atoms with van der Waals surface area (Å²) in [6.45, 7) is 2.31. The van der Waals surface area contributed by atoms with Crippen LogP contribution in [0.3, 0.4) is 0 Å². The molecule has 0 bridgehead atoms. The normalized spacial score (nSPS) is 26.0. The van der Waals surface area contributed by atoms with E-state index < -0.39 is 0 Å². The highest BCUT2D eigenvalue weighted by molar-refractivity contribution is 5.77. The Morgan fingerprint density at radius 3 is 2.50 bits per heavy atom. The Morgan fingerprint density at radius 2 is 1.93 bits per heavy atom. The van der Waals surface area contributed by atoms with Gasteiger partial charge in [-0.1, -0.05) is 19.3 Å². The molecule has 1 rings (SSSR count). The fourth-order valence-electron chi connectivity index (χ4n) is 1.79. The Balaban J connectivity index is 2.04. The lowest BCUT2D eigenvalue weighted by molar-refractivity contribution is 0.247. The summed E-state index contributed by atoms with van der Waals surface area (Å²) in [5.41, 5.74) is 0. The van der Waals surface area contributed by atoms with E-state index in [9.17, 15) is 4.79 Å². The zero-order valence-corrected chi connectivity index (χ0v) is 8.75. The molecule has 1 aliphatic rings. The molecule has 0 aromatic rings. The number of nitrogens with one attached hydrogen (secondary N) is 2. The van der Waals surface area contributed by atoms with Gasteiger partial charge in [-0.05, 0) is 19.8 Å². The SMILES string of the molecule is C[C@@H]1NC(=O)N[C@@H]1CCCCCCO. The van der Waals surface area contributed by atoms with Crippen molar-refractivity contribution in [3.05, 3.63) is 0 Å². The van der Waals surface area contributed by atoms with Gasteiger partial charge < -0.3 is 15.7 Å². The van der Waals surface area contributed by atoms with Crippen LogP contribution in [0.15, 0.2) is 0 Å². The van der Waals surface area contributed by atoms with Crippen LogP contribution < -0.4 is 10.6 Å². The van der Waals surface area contributed by atoms with Gasteiger partial charge in [0.15, 0.2) is 0 Å². The van der Waals surface area contributed by atoms with Gasteiger partial charge in [-0.3, -0.25) is 0 Å². The fourth-order valence-corrected chi connectivity index (χ4v) is 1.79. The maximum atomic E-state index is 10.9. The molecule has 3 N–H and O–H groups in total. The maximum absolute atomic E-state index is 10.9. The molecule has 2 amide bonds. The minimum absolute atomic E-state index is 0.0436. The third-order valence-corrected chi connectivity index (χ3v) is 2.70. The molecule has 0 unspecified atom stereocenters. The molecule has 0 aromatic carbocycles. The second kappa shape index (κ2) is 5.86. The number of amides is 2. The first-order valence-electron chi connectivity index (χ1n) is 5.42. The number of urea groups is 1. The van der Waals surface area contributed by atoms with Gasteiger partial charge in [-0.25, -0.2) is 4.79 Å². The van der Waals surface area contributed by atoms with Crippen LogP contribution in [0.2, 0.25) is 0 Å². The topological polar surface area (TPSA) is 61.4 Å². The molecular formula is C10H20N2O2. The molecule has 1 heterocycles. The van der Waals surface area contributed by atoms with Crippen molar-refractivity contribution in [1.29, 1.82) is 0 Å². The molecule has 0 saturated carbocycles. The molecule has 4 heteroatoms. The average Bonchev–Trinajstić information content (AvgIpc) is 2.45. The summed E-state index contributed by atoms with van der Waals surface area (Å²) in [5.74, 6) is 0. The van der Waals surface area contributed by atoms with Crippen molar-refractivity contribution in [2.45, 2.75) is 51.1 Å². The highest BCUT2D eigenvalue weighted by Crippen LogP contribution is 2.11. The van der Waals surface area contributed by atoms with E-state index in [1.165, 1.54) is 0 Å². The Labute approximate surface area is 85.1 Å². The summed E-state index contributed by atoms with van der Waals surface area (Å²) in [5, 5.41) is 14.3. The quantitative estimate of drug-likeness (QED) is 0.560. The van der Waals surface area contributed by atoms with Gasteiger partial charge >= 0.3 is 6.03 Å². The molecule has 0 radical (unpaired) electrons. The van der Waals surface area contributed by atoms with E-state index in [-0.39, 0.29) is 24.7 Å². The fraction of sp³-hybridized carbons (Fsp3) is 0.900. The van der Waals surface area contributed by atoms with Gasteiger partial charge in [0.25, 0.3) is 0 Å². The van der Waals surface area contributed by atoms with E-state index >= 15 is 0 Å². The lowest BCUT2D eigenvalue weighted by atomic mass is 10.0. The van der Waals surface area contributed by atoms with Crippen LogP contribution in [-0.2, 0) is 0 Å². The number of unbranched alkanes of at least 4 members (excludes halogenated alkanes) is 3. The maximum Gasteiger partial charge on any atom is 0.315 e. The predicted octanol–water partition coefficient (Wildman–Crippen LogP) is 0.999. The van der Waals surface area contributed by atoms with Gasteiger partial charge in [0, 0.05) is 12.6 Å². The summed E-state index contributed by atoms with van der Waals surface area (Å²) in [6, 6.07) is 0.495. The van der Waals surface area contributed by atoms with E-state index in [0.717, 1.165) is 32.1 Å². The highest BCUT2D eigenvalue weighted by atomic mass is 16.2. The molecule has 1 aliphatic heterocycles. The van der Waals surface area contributed by atoms with Crippen molar-refractivity contribution in [2.24, 2.45) is 0 Å². The molecule has 0 aromatic heterocycles. The van der Waals surface area contributed by atoms with E-state index in [0.29, 0.717) is 0 Å². The lowest BCUT2D eigenvalue weighted by Crippen LogP contribution is -2.30. The van der Waals surface area contributed by atoms with Crippen LogP contribution in [0.1, 0.15) is 39.0 Å². The number of rotatable bonds is 6. The minimum atomic E-state index is -0.0436. The predicted molar refractivity (Wildman–Crippen MR) is 55.1 cm³/mol. The first-order valence-corrected chi connectivity index (χ1v) is 5.42. The Morgan fingerprint density at radius 1 is 1.21 bits per heavy atom. The number of aliphatic hydroxyl groups is 1. The molecule has 4 nitrogen and oxygen atoms in total. The molecule has 2 atom stereocenters. The molecule has 0 aliphatic carbocycles. The molecular weight excluding hydrogens is 180 g/mol. The second-order valence-corrected chi connectivity index (χ2v) is 3.94. The van der Waals surface area contributed by atoms with Crippen LogP contribution >= 0.6 is 0 Å². The van der Waals surface area contributed by atoms with Crippen LogP contribution in [0, 0.1) is 0 Å². The van der Waals surface area contributed by atoms with Crippen molar-refractivity contribution in [3.8, 4) is 0 Å². The number of carbonyl (C=O) groups is 1. The van der Waals surface area contributed by atoms with E-state index in [1.54, 1.807) is 0 Å². The zero-order valence-electron chi connectivity index (χ0n) is 8.75. The zero-order chi connectivity index (χ0) is 10.4. The van der Waals surface area contributed by atoms with Crippen molar-refractivity contribution < 1.29 is 9.90 Å². The van der Waals surface area contributed by atoms with Crippen molar-refractivity contribution >= 4 is 6.03 Å². The molecule has 0 spiro atoms. The molecule has 14 heavy (non-hydrogen) atoms. The summed E-state index contributed by atoms with van der Waals surface area (Å²) < 4.78 is 0. The first kappa shape index (κ1) is 11.3. The number of hydrogen-bond donors (Lipinski definition) is 3. The van der Waals surface area contributed by atoms with Crippen molar-refractivity contribution in [2.75, 3.05) is 6.61 Å². The van der Waals surface area contributed by atoms with E-state index in [2.05, 4.69) is 10.6 Å². The van der Waals surface area contributed by atoms with Crippen LogP contribution in [0.4, 0.5) is 4.79 Å². The number of aliphatic hydroxyl groups excluding tert-OH is 1. The highest BCUT2D eigenvalue weighted by Gasteiger charge is 2.26. The van der Waals surface area contributed by atoms with Crippen molar-refractivity contribution in [1.82, 2.24) is 10.6 Å². The van der Waals surface area contributed by atoms with E-state index in [4.69, 9.17) is 5.11 Å². The number of carbonyl (C=O) groups excluding carboxylic acids is 1. The van der Waals surface area contributed by atoms with Gasteiger partial charge in [0.05, 0.1) is 6.04 Å². The molecule has 1 saturated heterocycles. The second-order valence-electron chi connectivity index (χ2n) is 3.94. The van der Waals surface area contributed by atoms with Gasteiger partial charge in [0.2, 0.25) is 0 Å².